The second kappa shape index (κ2) is 8.55. The van der Waals surface area contributed by atoms with Gasteiger partial charge in [-0.05, 0) is 31.9 Å². The van der Waals surface area contributed by atoms with Crippen molar-refractivity contribution in [2.75, 3.05) is 18.5 Å². The van der Waals surface area contributed by atoms with E-state index >= 15 is 0 Å². The Morgan fingerprint density at radius 2 is 2.23 bits per heavy atom. The fourth-order valence-electron chi connectivity index (χ4n) is 2.84. The van der Waals surface area contributed by atoms with E-state index in [1.807, 2.05) is 24.3 Å². The zero-order valence-electron chi connectivity index (χ0n) is 14.5. The van der Waals surface area contributed by atoms with E-state index in [0.717, 1.165) is 30.0 Å². The third-order valence-electron chi connectivity index (χ3n) is 4.26. The second-order valence-corrected chi connectivity index (χ2v) is 7.55. The molecule has 140 valence electrons. The van der Waals surface area contributed by atoms with Gasteiger partial charge in [-0.3, -0.25) is 14.4 Å². The first-order chi connectivity index (χ1) is 12.5. The van der Waals surface area contributed by atoms with Crippen LogP contribution < -0.4 is 10.6 Å². The van der Waals surface area contributed by atoms with Crippen LogP contribution >= 0.6 is 11.8 Å². The van der Waals surface area contributed by atoms with Crippen LogP contribution in [-0.2, 0) is 23.9 Å². The summed E-state index contributed by atoms with van der Waals surface area (Å²) < 4.78 is 10.6. The summed E-state index contributed by atoms with van der Waals surface area (Å²) in [6.07, 6.45) is 0.949. The summed E-state index contributed by atoms with van der Waals surface area (Å²) >= 11 is 1.33. The minimum atomic E-state index is -0.909. The first-order valence-corrected chi connectivity index (χ1v) is 9.56. The van der Waals surface area contributed by atoms with Gasteiger partial charge in [0.1, 0.15) is 0 Å². The Labute approximate surface area is 156 Å². The third-order valence-corrected chi connectivity index (χ3v) is 5.54. The van der Waals surface area contributed by atoms with Gasteiger partial charge in [-0.15, -0.1) is 11.8 Å². The highest BCUT2D eigenvalue weighted by molar-refractivity contribution is 8.01. The van der Waals surface area contributed by atoms with Crippen LogP contribution in [0, 0.1) is 0 Å². The van der Waals surface area contributed by atoms with Gasteiger partial charge in [-0.1, -0.05) is 12.1 Å². The van der Waals surface area contributed by atoms with E-state index in [1.54, 1.807) is 0 Å². The molecule has 3 atom stereocenters. The lowest BCUT2D eigenvalue weighted by Crippen LogP contribution is -2.40. The monoisotopic (exact) mass is 378 g/mol. The molecular weight excluding hydrogens is 356 g/mol. The number of esters is 1. The Morgan fingerprint density at radius 1 is 1.42 bits per heavy atom. The molecule has 2 aliphatic heterocycles. The summed E-state index contributed by atoms with van der Waals surface area (Å²) in [5.74, 6) is -1.17. The zero-order chi connectivity index (χ0) is 18.5. The highest BCUT2D eigenvalue weighted by Gasteiger charge is 2.30. The molecular formula is C18H22N2O5S. The normalized spacial score (nSPS) is 22.9. The molecule has 1 aromatic rings. The molecule has 0 spiro atoms. The maximum absolute atomic E-state index is 12.1. The standard InChI is InChI=1S/C18H22N2O5S/c1-11(17(22)19-10-12-5-4-8-24-12)25-16(21)9-15-18(23)20-13-6-2-3-7-14(13)26-15/h2-3,6-7,11-12,15H,4-5,8-10H2,1H3,(H,19,22)(H,20,23)/t11-,12-,15-/m1/s1. The number of thioether (sulfide) groups is 1. The predicted molar refractivity (Wildman–Crippen MR) is 96.9 cm³/mol. The van der Waals surface area contributed by atoms with Gasteiger partial charge in [0, 0.05) is 18.0 Å². The van der Waals surface area contributed by atoms with Gasteiger partial charge in [-0.2, -0.15) is 0 Å². The molecule has 7 nitrogen and oxygen atoms in total. The quantitative estimate of drug-likeness (QED) is 0.732. The molecule has 8 heteroatoms. The number of amides is 2. The van der Waals surface area contributed by atoms with Crippen molar-refractivity contribution in [2.24, 2.45) is 0 Å². The van der Waals surface area contributed by atoms with Crippen molar-refractivity contribution in [2.45, 2.75) is 48.5 Å². The highest BCUT2D eigenvalue weighted by atomic mass is 32.2. The number of ether oxygens (including phenoxy) is 2. The van der Waals surface area contributed by atoms with Gasteiger partial charge in [0.25, 0.3) is 5.91 Å². The number of carbonyl (C=O) groups is 3. The van der Waals surface area contributed by atoms with Crippen LogP contribution in [0.25, 0.3) is 0 Å². The Kier molecular flexibility index (Phi) is 6.16. The molecule has 0 aliphatic carbocycles. The minimum absolute atomic E-state index is 0.0317. The lowest BCUT2D eigenvalue weighted by Gasteiger charge is -2.23. The molecule has 3 rings (SSSR count). The first kappa shape index (κ1) is 18.7. The van der Waals surface area contributed by atoms with Gasteiger partial charge < -0.3 is 20.1 Å². The average Bonchev–Trinajstić information content (AvgIpc) is 3.13. The molecule has 0 saturated carbocycles. The zero-order valence-corrected chi connectivity index (χ0v) is 15.3. The lowest BCUT2D eigenvalue weighted by molar-refractivity contribution is -0.155. The van der Waals surface area contributed by atoms with E-state index in [9.17, 15) is 14.4 Å². The third kappa shape index (κ3) is 4.76. The van der Waals surface area contributed by atoms with Crippen LogP contribution in [0.2, 0.25) is 0 Å². The Hall–Kier alpha value is -2.06. The molecule has 2 N–H and O–H groups in total. The summed E-state index contributed by atoms with van der Waals surface area (Å²) in [7, 11) is 0. The van der Waals surface area contributed by atoms with Crippen LogP contribution in [0.15, 0.2) is 29.2 Å². The highest BCUT2D eigenvalue weighted by Crippen LogP contribution is 2.36. The van der Waals surface area contributed by atoms with Gasteiger partial charge in [0.2, 0.25) is 5.91 Å². The summed E-state index contributed by atoms with van der Waals surface area (Å²) in [4.78, 5) is 37.2. The SMILES string of the molecule is C[C@@H](OC(=O)C[C@H]1Sc2ccccc2NC1=O)C(=O)NC[C@H]1CCCO1. The molecule has 0 bridgehead atoms. The Bertz CT molecular complexity index is 690. The van der Waals surface area contributed by atoms with Crippen molar-refractivity contribution in [3.05, 3.63) is 24.3 Å². The smallest absolute Gasteiger partial charge is 0.308 e. The van der Waals surface area contributed by atoms with Crippen molar-refractivity contribution in [3.63, 3.8) is 0 Å². The van der Waals surface area contributed by atoms with E-state index in [1.165, 1.54) is 18.7 Å². The van der Waals surface area contributed by atoms with Crippen LogP contribution in [0.5, 0.6) is 0 Å². The maximum Gasteiger partial charge on any atom is 0.308 e. The van der Waals surface area contributed by atoms with Crippen LogP contribution in [0.1, 0.15) is 26.2 Å². The van der Waals surface area contributed by atoms with E-state index in [4.69, 9.17) is 9.47 Å². The van der Waals surface area contributed by atoms with Crippen molar-refractivity contribution >= 4 is 35.2 Å². The molecule has 1 aromatic carbocycles. The molecule has 2 amide bonds. The summed E-state index contributed by atoms with van der Waals surface area (Å²) in [6.45, 7) is 2.65. The number of rotatable bonds is 6. The summed E-state index contributed by atoms with van der Waals surface area (Å²) in [6, 6.07) is 7.42. The average molecular weight is 378 g/mol. The number of benzene rings is 1. The number of para-hydroxylation sites is 1. The van der Waals surface area contributed by atoms with Crippen molar-refractivity contribution in [1.82, 2.24) is 5.32 Å². The fraction of sp³-hybridized carbons (Fsp3) is 0.500. The van der Waals surface area contributed by atoms with Gasteiger partial charge in [0.05, 0.1) is 23.5 Å². The minimum Gasteiger partial charge on any atom is -0.453 e. The second-order valence-electron chi connectivity index (χ2n) is 6.31. The van der Waals surface area contributed by atoms with E-state index in [0.29, 0.717) is 6.54 Å². The Balaban J connectivity index is 1.45. The number of anilines is 1. The number of hydrogen-bond donors (Lipinski definition) is 2. The summed E-state index contributed by atoms with van der Waals surface area (Å²) in [5, 5.41) is 4.94. The van der Waals surface area contributed by atoms with Gasteiger partial charge in [0.15, 0.2) is 6.10 Å². The lowest BCUT2D eigenvalue weighted by atomic mass is 10.2. The largest absolute Gasteiger partial charge is 0.453 e. The van der Waals surface area contributed by atoms with Crippen LogP contribution in [-0.4, -0.2) is 48.4 Å². The van der Waals surface area contributed by atoms with E-state index < -0.39 is 17.3 Å². The van der Waals surface area contributed by atoms with E-state index in [-0.39, 0.29) is 24.3 Å². The van der Waals surface area contributed by atoms with Crippen LogP contribution in [0.4, 0.5) is 5.69 Å². The molecule has 2 aliphatic rings. The maximum atomic E-state index is 12.1. The summed E-state index contributed by atoms with van der Waals surface area (Å²) in [5.41, 5.74) is 0.744. The molecule has 1 fully saturated rings. The number of fused-ring (bicyclic) bond motifs is 1. The van der Waals surface area contributed by atoms with Gasteiger partial charge in [-0.25, -0.2) is 0 Å². The van der Waals surface area contributed by atoms with Gasteiger partial charge >= 0.3 is 5.97 Å². The molecule has 0 radical (unpaired) electrons. The molecule has 26 heavy (non-hydrogen) atoms. The molecule has 1 saturated heterocycles. The van der Waals surface area contributed by atoms with E-state index in [2.05, 4.69) is 10.6 Å². The predicted octanol–water partition coefficient (Wildman–Crippen LogP) is 1.72. The topological polar surface area (TPSA) is 93.7 Å². The van der Waals surface area contributed by atoms with Crippen molar-refractivity contribution in [1.29, 1.82) is 0 Å². The molecule has 0 aromatic heterocycles. The van der Waals surface area contributed by atoms with Crippen molar-refractivity contribution in [3.8, 4) is 0 Å². The Morgan fingerprint density at radius 3 is 3.00 bits per heavy atom. The number of carbonyl (C=O) groups excluding carboxylic acids is 3. The number of hydrogen-bond acceptors (Lipinski definition) is 6. The van der Waals surface area contributed by atoms with Crippen molar-refractivity contribution < 1.29 is 23.9 Å². The molecule has 0 unspecified atom stereocenters. The van der Waals surface area contributed by atoms with Crippen LogP contribution in [0.3, 0.4) is 0 Å². The number of nitrogens with one attached hydrogen (secondary N) is 2. The first-order valence-electron chi connectivity index (χ1n) is 8.68. The fourth-order valence-corrected chi connectivity index (χ4v) is 3.94. The molecule has 2 heterocycles.